The summed E-state index contributed by atoms with van der Waals surface area (Å²) >= 11 is 0. The molecule has 1 aliphatic heterocycles. The molecule has 2 heteroatoms. The lowest BCUT2D eigenvalue weighted by molar-refractivity contribution is 1.15. The van der Waals surface area contributed by atoms with Gasteiger partial charge in [-0.2, -0.15) is 0 Å². The van der Waals surface area contributed by atoms with E-state index in [1.165, 1.54) is 162 Å². The summed E-state index contributed by atoms with van der Waals surface area (Å²) in [5.74, 6) is 0. The molecule has 0 bridgehead atoms. The van der Waals surface area contributed by atoms with E-state index in [1.807, 2.05) is 0 Å². The van der Waals surface area contributed by atoms with Crippen LogP contribution in [0.4, 0.5) is 5.69 Å². The summed E-state index contributed by atoms with van der Waals surface area (Å²) in [5, 5.41) is 5.72. The van der Waals surface area contributed by atoms with E-state index in [0.29, 0.717) is 0 Å². The first-order valence-corrected chi connectivity index (χ1v) is 20.0. The largest absolute Gasteiger partial charge is 0.308 e. The van der Waals surface area contributed by atoms with Gasteiger partial charge in [0, 0.05) is 28.3 Å². The van der Waals surface area contributed by atoms with Crippen LogP contribution in [-0.4, -0.2) is 10.1 Å². The van der Waals surface area contributed by atoms with Crippen LogP contribution in [0.1, 0.15) is 122 Å². The summed E-state index contributed by atoms with van der Waals surface area (Å²) in [6.07, 6.45) is 6.59. The van der Waals surface area contributed by atoms with E-state index in [1.54, 1.807) is 0 Å². The Kier molecular flexibility index (Phi) is 10.2. The van der Waals surface area contributed by atoms with Crippen LogP contribution in [0.25, 0.3) is 38.1 Å². The van der Waals surface area contributed by atoms with Crippen LogP contribution in [0.3, 0.4) is 0 Å². The van der Waals surface area contributed by atoms with Gasteiger partial charge in [0.2, 0.25) is 0 Å². The molecular weight excluding hydrogens is 653 g/mol. The van der Waals surface area contributed by atoms with Gasteiger partial charge >= 0.3 is 0 Å². The standard InChI is InChI=1S/C32H37N.C13H17N.C7H10/c1-14-18(5)24(11)31-26(20(14)7)13-27-28-21(8)15(2)16(3)22(9)29(28)30-23(10)17(4)19(6)25(12)32(30)33(27)31;1-7-6-12-10(4)8(2)9(3)11(5)13(12)14-7;1-6-3-4-7(2)5-6/h13H,1-12H3;6H2,1-5H3;3-4H,5H2,1-2H3. The summed E-state index contributed by atoms with van der Waals surface area (Å²) in [6.45, 7) is 42.9. The van der Waals surface area contributed by atoms with Crippen LogP contribution in [0.2, 0.25) is 0 Å². The number of fused-ring (bicyclic) bond motifs is 9. The van der Waals surface area contributed by atoms with Crippen molar-refractivity contribution in [1.29, 1.82) is 0 Å². The van der Waals surface area contributed by atoms with Crippen LogP contribution in [-0.2, 0) is 6.42 Å². The number of aromatic nitrogens is 1. The van der Waals surface area contributed by atoms with E-state index in [4.69, 9.17) is 0 Å². The lowest BCUT2D eigenvalue weighted by Gasteiger charge is -2.23. The number of benzene rings is 4. The van der Waals surface area contributed by atoms with E-state index in [-0.39, 0.29) is 0 Å². The first kappa shape index (κ1) is 39.3. The zero-order valence-electron chi connectivity index (χ0n) is 37.0. The summed E-state index contributed by atoms with van der Waals surface area (Å²) in [5.41, 5.74) is 33.7. The number of nitrogens with zero attached hydrogens (tertiary/aromatic N) is 2. The number of aryl methyl sites for hydroxylation is 6. The van der Waals surface area contributed by atoms with E-state index in [0.717, 1.165) is 6.42 Å². The molecule has 3 heterocycles. The molecule has 0 fully saturated rings. The predicted molar refractivity (Wildman–Crippen MR) is 241 cm³/mol. The average molecular weight is 717 g/mol. The predicted octanol–water partition coefficient (Wildman–Crippen LogP) is 15.0. The van der Waals surface area contributed by atoms with Gasteiger partial charge < -0.3 is 4.40 Å². The Hall–Kier alpha value is -4.43. The molecule has 0 saturated heterocycles. The zero-order chi connectivity index (χ0) is 40.0. The third-order valence-corrected chi connectivity index (χ3v) is 14.2. The maximum Gasteiger partial charge on any atom is 0.0699 e. The lowest BCUT2D eigenvalue weighted by atomic mass is 9.85. The summed E-state index contributed by atoms with van der Waals surface area (Å²) in [6, 6.07) is 2.48. The van der Waals surface area contributed by atoms with Crippen molar-refractivity contribution < 1.29 is 0 Å². The quantitative estimate of drug-likeness (QED) is 0.139. The molecular formula is C52H64N2. The average Bonchev–Trinajstić information content (AvgIpc) is 3.86. The van der Waals surface area contributed by atoms with Gasteiger partial charge in [-0.05, 0) is 244 Å². The Morgan fingerprint density at radius 3 is 1.33 bits per heavy atom. The molecule has 0 spiro atoms. The van der Waals surface area contributed by atoms with Gasteiger partial charge in [0.1, 0.15) is 0 Å². The van der Waals surface area contributed by atoms with Gasteiger partial charge in [-0.1, -0.05) is 23.3 Å². The summed E-state index contributed by atoms with van der Waals surface area (Å²) in [4.78, 5) is 4.63. The Bertz CT molecular complexity index is 2700. The Morgan fingerprint density at radius 1 is 0.389 bits per heavy atom. The molecule has 54 heavy (non-hydrogen) atoms. The van der Waals surface area contributed by atoms with Gasteiger partial charge in [-0.15, -0.1) is 0 Å². The van der Waals surface area contributed by atoms with Crippen LogP contribution < -0.4 is 0 Å². The van der Waals surface area contributed by atoms with Crippen LogP contribution in [0, 0.1) is 111 Å². The molecule has 2 aliphatic rings. The molecule has 2 nitrogen and oxygen atoms in total. The van der Waals surface area contributed by atoms with Crippen molar-refractivity contribution in [3.8, 4) is 0 Å². The number of pyridine rings is 1. The SMILES string of the molecule is CC1=CC=C(C)C1.CC1=Nc2c(C)c(C)c(C)c(C)c2C1.Cc1c(C)c(C)c2c(cc3c4c(C)c(C)c(C)c(C)c4c4c(C)c(C)c(C)c(C)c4n32)c1C. The highest BCUT2D eigenvalue weighted by Gasteiger charge is 2.24. The monoisotopic (exact) mass is 717 g/mol. The zero-order valence-corrected chi connectivity index (χ0v) is 37.0. The fourth-order valence-corrected chi connectivity index (χ4v) is 9.41. The van der Waals surface area contributed by atoms with Gasteiger partial charge in [0.25, 0.3) is 0 Å². The van der Waals surface area contributed by atoms with Gasteiger partial charge in [0.05, 0.1) is 22.2 Å². The molecule has 4 aromatic carbocycles. The van der Waals surface area contributed by atoms with Crippen LogP contribution >= 0.6 is 0 Å². The van der Waals surface area contributed by atoms with Gasteiger partial charge in [-0.25, -0.2) is 0 Å². The van der Waals surface area contributed by atoms with Crippen molar-refractivity contribution in [3.63, 3.8) is 0 Å². The second-order valence-corrected chi connectivity index (χ2v) is 17.2. The Morgan fingerprint density at radius 2 is 0.815 bits per heavy atom. The molecule has 0 radical (unpaired) electrons. The molecule has 0 unspecified atom stereocenters. The third-order valence-electron chi connectivity index (χ3n) is 14.2. The highest BCUT2D eigenvalue weighted by Crippen LogP contribution is 2.45. The number of allylic oxidation sites excluding steroid dienone is 4. The van der Waals surface area contributed by atoms with Gasteiger partial charge in [0.15, 0.2) is 0 Å². The minimum atomic E-state index is 1.04. The topological polar surface area (TPSA) is 16.8 Å². The molecule has 0 atom stereocenters. The molecule has 8 rings (SSSR count). The minimum Gasteiger partial charge on any atom is -0.308 e. The van der Waals surface area contributed by atoms with Crippen molar-refractivity contribution in [1.82, 2.24) is 4.40 Å². The van der Waals surface area contributed by atoms with Crippen molar-refractivity contribution in [3.05, 3.63) is 124 Å². The summed E-state index contributed by atoms with van der Waals surface area (Å²) in [7, 11) is 0. The maximum absolute atomic E-state index is 4.63. The van der Waals surface area contributed by atoms with Crippen molar-refractivity contribution >= 4 is 49.5 Å². The second kappa shape index (κ2) is 14.0. The number of hydrogen-bond donors (Lipinski definition) is 0. The van der Waals surface area contributed by atoms with Crippen LogP contribution in [0.15, 0.2) is 34.4 Å². The van der Waals surface area contributed by atoms with Gasteiger partial charge in [-0.3, -0.25) is 4.99 Å². The fraction of sp³-hybridized carbons (Fsp3) is 0.404. The fourth-order valence-electron chi connectivity index (χ4n) is 9.41. The van der Waals surface area contributed by atoms with Crippen molar-refractivity contribution in [2.45, 2.75) is 144 Å². The number of rotatable bonds is 0. The molecule has 0 amide bonds. The Balaban J connectivity index is 0.000000193. The van der Waals surface area contributed by atoms with E-state index < -0.39 is 0 Å². The first-order valence-electron chi connectivity index (χ1n) is 20.0. The normalized spacial score (nSPS) is 13.6. The highest BCUT2D eigenvalue weighted by atomic mass is 14.9. The second-order valence-electron chi connectivity index (χ2n) is 17.2. The number of hydrogen-bond acceptors (Lipinski definition) is 1. The van der Waals surface area contributed by atoms with Crippen LogP contribution in [0.5, 0.6) is 0 Å². The highest BCUT2D eigenvalue weighted by molar-refractivity contribution is 6.20. The van der Waals surface area contributed by atoms with Crippen molar-refractivity contribution in [2.75, 3.05) is 0 Å². The van der Waals surface area contributed by atoms with Crippen molar-refractivity contribution in [2.24, 2.45) is 4.99 Å². The minimum absolute atomic E-state index is 1.04. The summed E-state index contributed by atoms with van der Waals surface area (Å²) < 4.78 is 2.62. The Labute approximate surface area is 326 Å². The third kappa shape index (κ3) is 5.87. The van der Waals surface area contributed by atoms with E-state index in [9.17, 15) is 0 Å². The number of aliphatic imine (C=N–C) groups is 1. The molecule has 282 valence electrons. The molecule has 2 aromatic heterocycles. The lowest BCUT2D eigenvalue weighted by Crippen LogP contribution is -2.04. The molecule has 6 aromatic rings. The van der Waals surface area contributed by atoms with E-state index >= 15 is 0 Å². The first-order chi connectivity index (χ1) is 25.2. The van der Waals surface area contributed by atoms with E-state index in [2.05, 4.69) is 159 Å². The smallest absolute Gasteiger partial charge is 0.0699 e. The molecule has 1 aliphatic carbocycles. The molecule has 0 N–H and O–H groups in total. The molecule has 0 saturated carbocycles. The maximum atomic E-state index is 4.63.